The van der Waals surface area contributed by atoms with Crippen molar-refractivity contribution in [2.24, 2.45) is 0 Å². The SMILES string of the molecule is CCCN(C(=O)CCn1c(=O)n(CC)c2ccccc21)C(C)C(=O)Nc1ccccc1. The van der Waals surface area contributed by atoms with Crippen LogP contribution >= 0.6 is 0 Å². The summed E-state index contributed by atoms with van der Waals surface area (Å²) in [7, 11) is 0. The van der Waals surface area contributed by atoms with E-state index in [-0.39, 0.29) is 30.5 Å². The molecule has 1 heterocycles. The molecule has 2 aromatic carbocycles. The molecule has 1 atom stereocenters. The van der Waals surface area contributed by atoms with Crippen LogP contribution in [0.1, 0.15) is 33.6 Å². The summed E-state index contributed by atoms with van der Waals surface area (Å²) in [4.78, 5) is 40.2. The van der Waals surface area contributed by atoms with Crippen molar-refractivity contribution in [2.75, 3.05) is 11.9 Å². The van der Waals surface area contributed by atoms with E-state index in [1.807, 2.05) is 68.4 Å². The van der Waals surface area contributed by atoms with E-state index in [0.29, 0.717) is 18.8 Å². The van der Waals surface area contributed by atoms with Gasteiger partial charge in [0.05, 0.1) is 11.0 Å². The first-order valence-corrected chi connectivity index (χ1v) is 10.8. The Morgan fingerprint density at radius 3 is 2.19 bits per heavy atom. The summed E-state index contributed by atoms with van der Waals surface area (Å²) in [5, 5.41) is 2.86. The smallest absolute Gasteiger partial charge is 0.329 e. The number of carbonyl (C=O) groups is 2. The number of hydrogen-bond acceptors (Lipinski definition) is 3. The van der Waals surface area contributed by atoms with Crippen LogP contribution < -0.4 is 11.0 Å². The lowest BCUT2D eigenvalue weighted by molar-refractivity contribution is -0.138. The number of para-hydroxylation sites is 3. The Kier molecular flexibility index (Phi) is 7.28. The molecule has 0 saturated heterocycles. The van der Waals surface area contributed by atoms with Gasteiger partial charge < -0.3 is 10.2 Å². The molecule has 1 N–H and O–H groups in total. The summed E-state index contributed by atoms with van der Waals surface area (Å²) >= 11 is 0. The predicted molar refractivity (Wildman–Crippen MR) is 123 cm³/mol. The molecule has 1 unspecified atom stereocenters. The number of nitrogens with one attached hydrogen (secondary N) is 1. The van der Waals surface area contributed by atoms with Gasteiger partial charge in [-0.25, -0.2) is 4.79 Å². The molecular formula is C24H30N4O3. The zero-order chi connectivity index (χ0) is 22.4. The molecule has 0 radical (unpaired) electrons. The Balaban J connectivity index is 1.74. The van der Waals surface area contributed by atoms with Gasteiger partial charge in [0.1, 0.15) is 6.04 Å². The summed E-state index contributed by atoms with van der Waals surface area (Å²) in [5.41, 5.74) is 2.26. The fraction of sp³-hybridized carbons (Fsp3) is 0.375. The van der Waals surface area contributed by atoms with Gasteiger partial charge in [0.2, 0.25) is 11.8 Å². The Labute approximate surface area is 182 Å². The third kappa shape index (κ3) is 4.87. The second-order valence-corrected chi connectivity index (χ2v) is 7.54. The van der Waals surface area contributed by atoms with Gasteiger partial charge in [-0.3, -0.25) is 18.7 Å². The zero-order valence-electron chi connectivity index (χ0n) is 18.4. The van der Waals surface area contributed by atoms with Crippen LogP contribution in [0.3, 0.4) is 0 Å². The standard InChI is InChI=1S/C24H30N4O3/c1-4-16-27(18(3)23(30)25-19-11-7-6-8-12-19)22(29)15-17-28-21-14-10-9-13-20(21)26(5-2)24(28)31/h6-14,18H,4-5,15-17H2,1-3H3,(H,25,30). The van der Waals surface area contributed by atoms with Crippen LogP contribution in [0, 0.1) is 0 Å². The largest absolute Gasteiger partial charge is 0.331 e. The van der Waals surface area contributed by atoms with Crippen molar-refractivity contribution >= 4 is 28.5 Å². The lowest BCUT2D eigenvalue weighted by Crippen LogP contribution is -2.46. The van der Waals surface area contributed by atoms with E-state index in [1.165, 1.54) is 0 Å². The number of nitrogens with zero attached hydrogens (tertiary/aromatic N) is 3. The molecule has 0 aliphatic rings. The van der Waals surface area contributed by atoms with Crippen LogP contribution in [0.5, 0.6) is 0 Å². The summed E-state index contributed by atoms with van der Waals surface area (Å²) in [6.45, 7) is 6.97. The quantitative estimate of drug-likeness (QED) is 0.574. The number of anilines is 1. The van der Waals surface area contributed by atoms with Crippen molar-refractivity contribution in [1.29, 1.82) is 0 Å². The first-order chi connectivity index (χ1) is 15.0. The van der Waals surface area contributed by atoms with Crippen LogP contribution in [0.2, 0.25) is 0 Å². The number of carbonyl (C=O) groups excluding carboxylic acids is 2. The highest BCUT2D eigenvalue weighted by Gasteiger charge is 2.25. The molecule has 31 heavy (non-hydrogen) atoms. The average molecular weight is 423 g/mol. The number of aromatic nitrogens is 2. The van der Waals surface area contributed by atoms with Gasteiger partial charge in [-0.2, -0.15) is 0 Å². The van der Waals surface area contributed by atoms with E-state index >= 15 is 0 Å². The molecule has 164 valence electrons. The highest BCUT2D eigenvalue weighted by Crippen LogP contribution is 2.14. The lowest BCUT2D eigenvalue weighted by Gasteiger charge is -2.28. The Morgan fingerprint density at radius 2 is 1.58 bits per heavy atom. The molecule has 0 aliphatic carbocycles. The van der Waals surface area contributed by atoms with Crippen molar-refractivity contribution in [3.05, 3.63) is 65.1 Å². The third-order valence-corrected chi connectivity index (χ3v) is 5.46. The van der Waals surface area contributed by atoms with E-state index in [0.717, 1.165) is 17.5 Å². The Bertz CT molecular complexity index is 1100. The van der Waals surface area contributed by atoms with Crippen molar-refractivity contribution in [3.8, 4) is 0 Å². The molecule has 3 rings (SSSR count). The summed E-state index contributed by atoms with van der Waals surface area (Å²) in [5.74, 6) is -0.370. The summed E-state index contributed by atoms with van der Waals surface area (Å²) in [6.07, 6.45) is 0.893. The number of fused-ring (bicyclic) bond motifs is 1. The normalized spacial score (nSPS) is 12.0. The second-order valence-electron chi connectivity index (χ2n) is 7.54. The lowest BCUT2D eigenvalue weighted by atomic mass is 10.2. The number of aryl methyl sites for hydroxylation is 2. The topological polar surface area (TPSA) is 76.3 Å². The highest BCUT2D eigenvalue weighted by atomic mass is 16.2. The molecule has 7 nitrogen and oxygen atoms in total. The van der Waals surface area contributed by atoms with E-state index in [2.05, 4.69) is 5.32 Å². The summed E-state index contributed by atoms with van der Waals surface area (Å²) in [6, 6.07) is 16.2. The van der Waals surface area contributed by atoms with Crippen molar-refractivity contribution in [3.63, 3.8) is 0 Å². The van der Waals surface area contributed by atoms with Crippen molar-refractivity contribution < 1.29 is 9.59 Å². The van der Waals surface area contributed by atoms with Gasteiger partial charge in [0.15, 0.2) is 0 Å². The minimum absolute atomic E-state index is 0.117. The minimum atomic E-state index is -0.610. The average Bonchev–Trinajstić information content (AvgIpc) is 3.06. The fourth-order valence-electron chi connectivity index (χ4n) is 3.83. The maximum absolute atomic E-state index is 13.1. The molecule has 0 bridgehead atoms. The van der Waals surface area contributed by atoms with Gasteiger partial charge in [-0.15, -0.1) is 0 Å². The van der Waals surface area contributed by atoms with E-state index < -0.39 is 6.04 Å². The predicted octanol–water partition coefficient (Wildman–Crippen LogP) is 3.48. The zero-order valence-corrected chi connectivity index (χ0v) is 18.4. The van der Waals surface area contributed by atoms with Crippen molar-refractivity contribution in [2.45, 2.75) is 52.7 Å². The third-order valence-electron chi connectivity index (χ3n) is 5.46. The van der Waals surface area contributed by atoms with Crippen LogP contribution in [-0.4, -0.2) is 38.4 Å². The van der Waals surface area contributed by atoms with Crippen LogP contribution in [0.4, 0.5) is 5.69 Å². The van der Waals surface area contributed by atoms with E-state index in [1.54, 1.807) is 21.0 Å². The Hall–Kier alpha value is -3.35. The molecule has 3 aromatic rings. The molecule has 0 fully saturated rings. The second kappa shape index (κ2) is 10.1. The highest BCUT2D eigenvalue weighted by molar-refractivity contribution is 5.96. The minimum Gasteiger partial charge on any atom is -0.331 e. The van der Waals surface area contributed by atoms with Gasteiger partial charge >= 0.3 is 5.69 Å². The number of hydrogen-bond donors (Lipinski definition) is 1. The first kappa shape index (κ1) is 22.3. The molecule has 0 saturated carbocycles. The van der Waals surface area contributed by atoms with Crippen LogP contribution in [0.15, 0.2) is 59.4 Å². The van der Waals surface area contributed by atoms with E-state index in [9.17, 15) is 14.4 Å². The number of amides is 2. The fourth-order valence-corrected chi connectivity index (χ4v) is 3.83. The number of benzene rings is 2. The van der Waals surface area contributed by atoms with Crippen LogP contribution in [0.25, 0.3) is 11.0 Å². The van der Waals surface area contributed by atoms with E-state index in [4.69, 9.17) is 0 Å². The Morgan fingerprint density at radius 1 is 0.968 bits per heavy atom. The van der Waals surface area contributed by atoms with Gasteiger partial charge in [0.25, 0.3) is 0 Å². The van der Waals surface area contributed by atoms with Gasteiger partial charge in [0, 0.05) is 31.7 Å². The molecule has 0 aliphatic heterocycles. The molecular weight excluding hydrogens is 392 g/mol. The van der Waals surface area contributed by atoms with Gasteiger partial charge in [-0.05, 0) is 44.5 Å². The number of imidazole rings is 1. The maximum Gasteiger partial charge on any atom is 0.329 e. The molecule has 1 aromatic heterocycles. The summed E-state index contributed by atoms with van der Waals surface area (Å²) < 4.78 is 3.36. The number of rotatable bonds is 9. The van der Waals surface area contributed by atoms with Gasteiger partial charge in [-0.1, -0.05) is 37.3 Å². The monoisotopic (exact) mass is 422 g/mol. The molecule has 0 spiro atoms. The van der Waals surface area contributed by atoms with Crippen molar-refractivity contribution in [1.82, 2.24) is 14.0 Å². The molecule has 2 amide bonds. The first-order valence-electron chi connectivity index (χ1n) is 10.8. The molecule has 7 heteroatoms. The van der Waals surface area contributed by atoms with Crippen LogP contribution in [-0.2, 0) is 22.7 Å². The maximum atomic E-state index is 13.1.